The van der Waals surface area contributed by atoms with Gasteiger partial charge in [-0.05, 0) is 24.8 Å². The van der Waals surface area contributed by atoms with Crippen molar-refractivity contribution >= 4 is 5.94 Å². The zero-order valence-electron chi connectivity index (χ0n) is 7.88. The van der Waals surface area contributed by atoms with Crippen LogP contribution in [0, 0.1) is 11.8 Å². The first-order valence-electron chi connectivity index (χ1n) is 4.58. The third kappa shape index (κ3) is 3.49. The van der Waals surface area contributed by atoms with Crippen molar-refractivity contribution in [1.82, 2.24) is 0 Å². The maximum absolute atomic E-state index is 10.2. The molecule has 0 aromatic rings. The number of aliphatic hydroxyl groups is 1. The van der Waals surface area contributed by atoms with Gasteiger partial charge in [0.15, 0.2) is 17.5 Å². The fourth-order valence-corrected chi connectivity index (χ4v) is 1.02. The van der Waals surface area contributed by atoms with Crippen LogP contribution in [0.25, 0.3) is 0 Å². The quantitative estimate of drug-likeness (QED) is 0.415. The predicted octanol–water partition coefficient (Wildman–Crippen LogP) is 1.17. The van der Waals surface area contributed by atoms with Crippen LogP contribution < -0.4 is 0 Å². The SMILES string of the molecule is O=C=C1CC=C(C#CCCCCO)O1. The van der Waals surface area contributed by atoms with E-state index in [1.807, 2.05) is 0 Å². The lowest BCUT2D eigenvalue weighted by molar-refractivity contribution is 0.285. The number of carbonyl (C=O) groups excluding carboxylic acids is 1. The van der Waals surface area contributed by atoms with E-state index in [0.29, 0.717) is 17.9 Å². The lowest BCUT2D eigenvalue weighted by atomic mass is 10.2. The fraction of sp³-hybridized carbons (Fsp3) is 0.455. The van der Waals surface area contributed by atoms with Crippen LogP contribution in [0.5, 0.6) is 0 Å². The minimum absolute atomic E-state index is 0.207. The lowest BCUT2D eigenvalue weighted by Gasteiger charge is -1.92. The maximum atomic E-state index is 10.2. The molecule has 14 heavy (non-hydrogen) atoms. The number of rotatable bonds is 3. The Bertz CT molecular complexity index is 324. The molecule has 0 amide bonds. The first kappa shape index (κ1) is 10.6. The summed E-state index contributed by atoms with van der Waals surface area (Å²) in [5.41, 5.74) is 0. The smallest absolute Gasteiger partial charge is 0.192 e. The van der Waals surface area contributed by atoms with Crippen molar-refractivity contribution in [3.8, 4) is 11.8 Å². The van der Waals surface area contributed by atoms with Gasteiger partial charge in [0.1, 0.15) is 0 Å². The van der Waals surface area contributed by atoms with Gasteiger partial charge in [0, 0.05) is 19.4 Å². The molecule has 1 aliphatic rings. The predicted molar refractivity (Wildman–Crippen MR) is 51.7 cm³/mol. The van der Waals surface area contributed by atoms with Gasteiger partial charge < -0.3 is 9.84 Å². The Hall–Kier alpha value is -1.49. The molecule has 0 spiro atoms. The molecule has 3 nitrogen and oxygen atoms in total. The van der Waals surface area contributed by atoms with Gasteiger partial charge in [0.2, 0.25) is 0 Å². The number of hydrogen-bond acceptors (Lipinski definition) is 3. The minimum Gasteiger partial charge on any atom is -0.441 e. The van der Waals surface area contributed by atoms with Crippen molar-refractivity contribution < 1.29 is 14.6 Å². The zero-order valence-corrected chi connectivity index (χ0v) is 7.88. The third-order valence-corrected chi connectivity index (χ3v) is 1.74. The average Bonchev–Trinajstić information content (AvgIpc) is 2.65. The van der Waals surface area contributed by atoms with E-state index in [9.17, 15) is 4.79 Å². The van der Waals surface area contributed by atoms with Crippen molar-refractivity contribution in [2.75, 3.05) is 6.61 Å². The highest BCUT2D eigenvalue weighted by atomic mass is 16.5. The van der Waals surface area contributed by atoms with Gasteiger partial charge >= 0.3 is 0 Å². The average molecular weight is 192 g/mol. The topological polar surface area (TPSA) is 46.5 Å². The van der Waals surface area contributed by atoms with Crippen LogP contribution >= 0.6 is 0 Å². The van der Waals surface area contributed by atoms with Crippen LogP contribution in [0.4, 0.5) is 0 Å². The van der Waals surface area contributed by atoms with Gasteiger partial charge in [0.05, 0.1) is 0 Å². The van der Waals surface area contributed by atoms with E-state index in [-0.39, 0.29) is 6.61 Å². The Labute approximate surface area is 83.1 Å². The summed E-state index contributed by atoms with van der Waals surface area (Å²) >= 11 is 0. The molecular formula is C11H12O3. The second kappa shape index (κ2) is 6.04. The summed E-state index contributed by atoms with van der Waals surface area (Å²) in [4.78, 5) is 10.2. The normalized spacial score (nSPS) is 13.8. The second-order valence-corrected chi connectivity index (χ2v) is 2.88. The highest BCUT2D eigenvalue weighted by molar-refractivity contribution is 5.53. The number of aliphatic hydroxyl groups excluding tert-OH is 1. The van der Waals surface area contributed by atoms with Crippen molar-refractivity contribution in [1.29, 1.82) is 0 Å². The molecule has 0 radical (unpaired) electrons. The van der Waals surface area contributed by atoms with Crippen LogP contribution in [-0.4, -0.2) is 17.7 Å². The van der Waals surface area contributed by atoms with Gasteiger partial charge in [-0.2, -0.15) is 0 Å². The molecule has 74 valence electrons. The van der Waals surface area contributed by atoms with Gasteiger partial charge in [0.25, 0.3) is 0 Å². The molecule has 0 saturated carbocycles. The zero-order chi connectivity index (χ0) is 10.2. The Morgan fingerprint density at radius 2 is 2.36 bits per heavy atom. The molecule has 0 bridgehead atoms. The Morgan fingerprint density at radius 1 is 1.50 bits per heavy atom. The standard InChI is InChI=1S/C11H12O3/c12-8-4-2-1-3-5-10-6-7-11(9-13)14-10/h6,12H,1-2,4,7-8H2. The van der Waals surface area contributed by atoms with Crippen LogP contribution in [-0.2, 0) is 9.53 Å². The first-order valence-corrected chi connectivity index (χ1v) is 4.58. The van der Waals surface area contributed by atoms with Crippen LogP contribution in [0.1, 0.15) is 25.7 Å². The van der Waals surface area contributed by atoms with E-state index in [1.165, 1.54) is 0 Å². The molecule has 0 fully saturated rings. The number of allylic oxidation sites excluding steroid dienone is 2. The molecular weight excluding hydrogens is 180 g/mol. The molecule has 0 aliphatic carbocycles. The van der Waals surface area contributed by atoms with Crippen molar-refractivity contribution in [3.63, 3.8) is 0 Å². The molecule has 3 heteroatoms. The van der Waals surface area contributed by atoms with Gasteiger partial charge in [-0.25, -0.2) is 4.79 Å². The minimum atomic E-state index is 0.207. The Morgan fingerprint density at radius 3 is 3.00 bits per heavy atom. The maximum Gasteiger partial charge on any atom is 0.192 e. The van der Waals surface area contributed by atoms with Crippen molar-refractivity contribution in [2.45, 2.75) is 25.7 Å². The van der Waals surface area contributed by atoms with E-state index in [1.54, 1.807) is 12.0 Å². The van der Waals surface area contributed by atoms with E-state index < -0.39 is 0 Å². The number of ether oxygens (including phenoxy) is 1. The molecule has 1 aliphatic heterocycles. The summed E-state index contributed by atoms with van der Waals surface area (Å²) in [5.74, 6) is 8.25. The molecule has 0 unspecified atom stereocenters. The molecule has 1 N–H and O–H groups in total. The monoisotopic (exact) mass is 192 g/mol. The van der Waals surface area contributed by atoms with E-state index >= 15 is 0 Å². The molecule has 0 aromatic heterocycles. The Balaban J connectivity index is 2.28. The van der Waals surface area contributed by atoms with Gasteiger partial charge in [-0.1, -0.05) is 5.92 Å². The molecule has 0 aromatic carbocycles. The van der Waals surface area contributed by atoms with E-state index in [4.69, 9.17) is 9.84 Å². The molecule has 0 saturated heterocycles. The van der Waals surface area contributed by atoms with Gasteiger partial charge in [-0.15, -0.1) is 0 Å². The third-order valence-electron chi connectivity index (χ3n) is 1.74. The van der Waals surface area contributed by atoms with E-state index in [0.717, 1.165) is 19.3 Å². The summed E-state index contributed by atoms with van der Waals surface area (Å²) in [5, 5.41) is 8.51. The van der Waals surface area contributed by atoms with Gasteiger partial charge in [-0.3, -0.25) is 0 Å². The van der Waals surface area contributed by atoms with E-state index in [2.05, 4.69) is 11.8 Å². The molecule has 0 atom stereocenters. The largest absolute Gasteiger partial charge is 0.441 e. The highest BCUT2D eigenvalue weighted by Gasteiger charge is 2.09. The number of unbranched alkanes of at least 4 members (excludes halogenated alkanes) is 2. The summed E-state index contributed by atoms with van der Waals surface area (Å²) in [7, 11) is 0. The highest BCUT2D eigenvalue weighted by Crippen LogP contribution is 2.16. The second-order valence-electron chi connectivity index (χ2n) is 2.88. The van der Waals surface area contributed by atoms with Crippen molar-refractivity contribution in [2.24, 2.45) is 0 Å². The first-order chi connectivity index (χ1) is 6.86. The summed E-state index contributed by atoms with van der Waals surface area (Å²) in [6.07, 6.45) is 4.64. The lowest BCUT2D eigenvalue weighted by Crippen LogP contribution is -1.82. The fourth-order valence-electron chi connectivity index (χ4n) is 1.02. The van der Waals surface area contributed by atoms with Crippen molar-refractivity contribution in [3.05, 3.63) is 17.6 Å². The number of hydrogen-bond donors (Lipinski definition) is 1. The summed E-state index contributed by atoms with van der Waals surface area (Å²) in [6, 6.07) is 0. The molecule has 1 heterocycles. The summed E-state index contributed by atoms with van der Waals surface area (Å²) < 4.78 is 5.05. The van der Waals surface area contributed by atoms with Crippen LogP contribution in [0.15, 0.2) is 17.6 Å². The van der Waals surface area contributed by atoms with Crippen LogP contribution in [0.3, 0.4) is 0 Å². The summed E-state index contributed by atoms with van der Waals surface area (Å²) in [6.45, 7) is 0.207. The molecule has 1 rings (SSSR count). The Kier molecular flexibility index (Phi) is 4.57. The van der Waals surface area contributed by atoms with Crippen LogP contribution in [0.2, 0.25) is 0 Å².